The highest BCUT2D eigenvalue weighted by Gasteiger charge is 2.01. The van der Waals surface area contributed by atoms with Gasteiger partial charge in [0.1, 0.15) is 5.00 Å². The van der Waals surface area contributed by atoms with E-state index in [0.717, 1.165) is 10.7 Å². The van der Waals surface area contributed by atoms with E-state index < -0.39 is 0 Å². The maximum absolute atomic E-state index is 11.5. The lowest BCUT2D eigenvalue weighted by molar-refractivity contribution is 0.953. The normalized spacial score (nSPS) is 10.2. The van der Waals surface area contributed by atoms with Gasteiger partial charge in [0.2, 0.25) is 0 Å². The molecule has 13 heavy (non-hydrogen) atoms. The first-order valence-electron chi connectivity index (χ1n) is 4.01. The van der Waals surface area contributed by atoms with Crippen molar-refractivity contribution in [3.05, 3.63) is 51.8 Å². The molecule has 2 aromatic heterocycles. The fourth-order valence-corrected chi connectivity index (χ4v) is 2.07. The number of hydrogen-bond donors (Lipinski definition) is 0. The predicted molar refractivity (Wildman–Crippen MR) is 54.7 cm³/mol. The van der Waals surface area contributed by atoms with E-state index in [1.54, 1.807) is 28.0 Å². The summed E-state index contributed by atoms with van der Waals surface area (Å²) >= 11 is 1.57. The summed E-state index contributed by atoms with van der Waals surface area (Å²) < 4.78 is 1.71. The lowest BCUT2D eigenvalue weighted by Crippen LogP contribution is -2.17. The van der Waals surface area contributed by atoms with Gasteiger partial charge < -0.3 is 0 Å². The summed E-state index contributed by atoms with van der Waals surface area (Å²) in [6.45, 7) is 1.93. The molecule has 0 amide bonds. The molecule has 0 unspecified atom stereocenters. The molecule has 0 aromatic carbocycles. The molecule has 66 valence electrons. The first kappa shape index (κ1) is 8.26. The molecule has 0 spiro atoms. The Kier molecular flexibility index (Phi) is 2.02. The van der Waals surface area contributed by atoms with Gasteiger partial charge in [-0.05, 0) is 30.5 Å². The van der Waals surface area contributed by atoms with Gasteiger partial charge in [-0.15, -0.1) is 11.3 Å². The van der Waals surface area contributed by atoms with Gasteiger partial charge in [-0.25, -0.2) is 0 Å². The van der Waals surface area contributed by atoms with E-state index >= 15 is 0 Å². The maximum atomic E-state index is 11.5. The highest BCUT2D eigenvalue weighted by Crippen LogP contribution is 2.14. The molecule has 0 bridgehead atoms. The zero-order chi connectivity index (χ0) is 9.26. The second-order valence-corrected chi connectivity index (χ2v) is 3.72. The van der Waals surface area contributed by atoms with Gasteiger partial charge in [-0.1, -0.05) is 6.07 Å². The topological polar surface area (TPSA) is 22.0 Å². The zero-order valence-electron chi connectivity index (χ0n) is 7.23. The summed E-state index contributed by atoms with van der Waals surface area (Å²) in [5.74, 6) is 0. The summed E-state index contributed by atoms with van der Waals surface area (Å²) in [5.41, 5.74) is 0.998. The van der Waals surface area contributed by atoms with Gasteiger partial charge in [-0.3, -0.25) is 9.36 Å². The molecule has 0 saturated carbocycles. The Bertz CT molecular complexity index is 456. The third-order valence-corrected chi connectivity index (χ3v) is 2.73. The highest BCUT2D eigenvalue weighted by molar-refractivity contribution is 7.12. The van der Waals surface area contributed by atoms with Crippen molar-refractivity contribution < 1.29 is 0 Å². The van der Waals surface area contributed by atoms with Gasteiger partial charge in [0.15, 0.2) is 0 Å². The number of pyridine rings is 1. The molecule has 2 aromatic rings. The Labute approximate surface area is 80.1 Å². The third-order valence-electron chi connectivity index (χ3n) is 1.88. The Hall–Kier alpha value is -1.35. The van der Waals surface area contributed by atoms with Crippen LogP contribution in [0.1, 0.15) is 5.69 Å². The standard InChI is InChI=1S/C10H9NOS/c1-8-4-2-5-9(12)11(8)10-6-3-7-13-10/h2-7H,1H3. The molecule has 2 heterocycles. The van der Waals surface area contributed by atoms with Crippen LogP contribution in [0.2, 0.25) is 0 Å². The molecule has 0 atom stereocenters. The van der Waals surface area contributed by atoms with Crippen molar-refractivity contribution in [2.75, 3.05) is 0 Å². The minimum atomic E-state index is 0.0300. The van der Waals surface area contributed by atoms with Gasteiger partial charge in [0.25, 0.3) is 5.56 Å². The summed E-state index contributed by atoms with van der Waals surface area (Å²) in [7, 11) is 0. The van der Waals surface area contributed by atoms with Crippen LogP contribution in [0.3, 0.4) is 0 Å². The maximum Gasteiger partial charge on any atom is 0.255 e. The number of aryl methyl sites for hydroxylation is 1. The number of nitrogens with zero attached hydrogens (tertiary/aromatic N) is 1. The van der Waals surface area contributed by atoms with Gasteiger partial charge in [0, 0.05) is 11.8 Å². The van der Waals surface area contributed by atoms with Crippen LogP contribution in [0.5, 0.6) is 0 Å². The van der Waals surface area contributed by atoms with E-state index in [4.69, 9.17) is 0 Å². The predicted octanol–water partition coefficient (Wildman–Crippen LogP) is 2.21. The highest BCUT2D eigenvalue weighted by atomic mass is 32.1. The molecule has 0 aliphatic rings. The van der Waals surface area contributed by atoms with E-state index in [-0.39, 0.29) is 5.56 Å². The molecule has 0 radical (unpaired) electrons. The first-order valence-corrected chi connectivity index (χ1v) is 4.89. The molecule has 0 saturated heterocycles. The summed E-state index contributed by atoms with van der Waals surface area (Å²) in [6, 6.07) is 9.17. The third kappa shape index (κ3) is 1.42. The van der Waals surface area contributed by atoms with Crippen molar-refractivity contribution in [3.63, 3.8) is 0 Å². The van der Waals surface area contributed by atoms with Crippen LogP contribution in [-0.2, 0) is 0 Å². The Balaban J connectivity index is 2.71. The van der Waals surface area contributed by atoms with Gasteiger partial charge >= 0.3 is 0 Å². The first-order chi connectivity index (χ1) is 6.29. The van der Waals surface area contributed by atoms with Gasteiger partial charge in [-0.2, -0.15) is 0 Å². The van der Waals surface area contributed by atoms with Crippen molar-refractivity contribution in [1.82, 2.24) is 4.57 Å². The van der Waals surface area contributed by atoms with Crippen LogP contribution in [0.25, 0.3) is 5.00 Å². The summed E-state index contributed by atoms with van der Waals surface area (Å²) in [4.78, 5) is 11.5. The van der Waals surface area contributed by atoms with Crippen LogP contribution in [0.4, 0.5) is 0 Å². The van der Waals surface area contributed by atoms with Crippen molar-refractivity contribution in [2.24, 2.45) is 0 Å². The molecule has 0 aliphatic heterocycles. The van der Waals surface area contributed by atoms with Crippen molar-refractivity contribution in [2.45, 2.75) is 6.92 Å². The summed E-state index contributed by atoms with van der Waals surface area (Å²) in [6.07, 6.45) is 0. The van der Waals surface area contributed by atoms with E-state index in [1.165, 1.54) is 0 Å². The zero-order valence-corrected chi connectivity index (χ0v) is 8.04. The van der Waals surface area contributed by atoms with E-state index in [9.17, 15) is 4.79 Å². The largest absolute Gasteiger partial charge is 0.272 e. The quantitative estimate of drug-likeness (QED) is 0.677. The smallest absolute Gasteiger partial charge is 0.255 e. The van der Waals surface area contributed by atoms with Gasteiger partial charge in [0.05, 0.1) is 0 Å². The molecule has 0 aliphatic carbocycles. The minimum absolute atomic E-state index is 0.0300. The number of rotatable bonds is 1. The average molecular weight is 191 g/mol. The Morgan fingerprint density at radius 1 is 1.23 bits per heavy atom. The number of aromatic nitrogens is 1. The summed E-state index contributed by atoms with van der Waals surface area (Å²) in [5, 5.41) is 2.94. The molecule has 3 heteroatoms. The van der Waals surface area contributed by atoms with E-state index in [1.807, 2.05) is 30.5 Å². The minimum Gasteiger partial charge on any atom is -0.272 e. The fourth-order valence-electron chi connectivity index (χ4n) is 1.27. The van der Waals surface area contributed by atoms with Crippen molar-refractivity contribution in [1.29, 1.82) is 0 Å². The van der Waals surface area contributed by atoms with Crippen LogP contribution < -0.4 is 5.56 Å². The molecule has 2 nitrogen and oxygen atoms in total. The van der Waals surface area contributed by atoms with Crippen LogP contribution in [0.15, 0.2) is 40.5 Å². The Morgan fingerprint density at radius 3 is 2.69 bits per heavy atom. The Morgan fingerprint density at radius 2 is 2.08 bits per heavy atom. The number of thiophene rings is 1. The lowest BCUT2D eigenvalue weighted by Gasteiger charge is -2.04. The molecule has 0 N–H and O–H groups in total. The monoisotopic (exact) mass is 191 g/mol. The SMILES string of the molecule is Cc1cccc(=O)n1-c1cccs1. The fraction of sp³-hybridized carbons (Fsp3) is 0.100. The second kappa shape index (κ2) is 3.18. The molecular formula is C10H9NOS. The number of hydrogen-bond acceptors (Lipinski definition) is 2. The van der Waals surface area contributed by atoms with E-state index in [0.29, 0.717) is 0 Å². The average Bonchev–Trinajstić information content (AvgIpc) is 2.57. The molecular weight excluding hydrogens is 182 g/mol. The van der Waals surface area contributed by atoms with Crippen LogP contribution in [0, 0.1) is 6.92 Å². The second-order valence-electron chi connectivity index (χ2n) is 2.79. The van der Waals surface area contributed by atoms with Crippen LogP contribution >= 0.6 is 11.3 Å². The van der Waals surface area contributed by atoms with Crippen molar-refractivity contribution in [3.8, 4) is 5.00 Å². The van der Waals surface area contributed by atoms with Crippen molar-refractivity contribution >= 4 is 11.3 Å². The lowest BCUT2D eigenvalue weighted by atomic mass is 10.3. The molecule has 0 fully saturated rings. The van der Waals surface area contributed by atoms with Crippen LogP contribution in [-0.4, -0.2) is 4.57 Å². The molecule has 2 rings (SSSR count). The van der Waals surface area contributed by atoms with E-state index in [2.05, 4.69) is 0 Å².